The predicted molar refractivity (Wildman–Crippen MR) is 99.8 cm³/mol. The monoisotopic (exact) mass is 348 g/mol. The smallest absolute Gasteiger partial charge is 0.255 e. The largest absolute Gasteiger partial charge is 0.496 e. The molecule has 3 aromatic rings. The molecule has 0 bridgehead atoms. The van der Waals surface area contributed by atoms with Gasteiger partial charge in [-0.3, -0.25) is 4.79 Å². The van der Waals surface area contributed by atoms with Gasteiger partial charge in [0.15, 0.2) is 0 Å². The molecule has 26 heavy (non-hydrogen) atoms. The first-order valence-electron chi connectivity index (χ1n) is 8.35. The fraction of sp³-hybridized carbons (Fsp3) is 0.143. The number of amides is 1. The summed E-state index contributed by atoms with van der Waals surface area (Å²) >= 11 is 0. The predicted octanol–water partition coefficient (Wildman–Crippen LogP) is 3.86. The molecule has 3 rings (SSSR count). The molecule has 1 aromatic heterocycles. The SMILES string of the molecule is COc1ccc(Oc2ccccn2)cc1C(=O)NCCc1ccccc1. The van der Waals surface area contributed by atoms with Gasteiger partial charge < -0.3 is 14.8 Å². The molecule has 0 spiro atoms. The topological polar surface area (TPSA) is 60.5 Å². The molecule has 1 heterocycles. The van der Waals surface area contributed by atoms with Gasteiger partial charge in [-0.25, -0.2) is 4.98 Å². The Bertz CT molecular complexity index is 852. The Balaban J connectivity index is 1.68. The molecule has 0 radical (unpaired) electrons. The van der Waals surface area contributed by atoms with Crippen LogP contribution in [0.25, 0.3) is 0 Å². The highest BCUT2D eigenvalue weighted by molar-refractivity contribution is 5.97. The van der Waals surface area contributed by atoms with Crippen LogP contribution in [-0.4, -0.2) is 24.5 Å². The molecule has 0 fully saturated rings. The molecule has 0 aliphatic heterocycles. The van der Waals surface area contributed by atoms with Crippen molar-refractivity contribution >= 4 is 5.91 Å². The quantitative estimate of drug-likeness (QED) is 0.704. The minimum absolute atomic E-state index is 0.204. The number of rotatable bonds is 7. The normalized spacial score (nSPS) is 10.2. The Morgan fingerprint density at radius 2 is 1.85 bits per heavy atom. The van der Waals surface area contributed by atoms with Gasteiger partial charge in [-0.05, 0) is 36.2 Å². The Hall–Kier alpha value is -3.34. The molecule has 5 nitrogen and oxygen atoms in total. The van der Waals surface area contributed by atoms with E-state index in [1.165, 1.54) is 12.7 Å². The Morgan fingerprint density at radius 3 is 2.58 bits per heavy atom. The highest BCUT2D eigenvalue weighted by atomic mass is 16.5. The molecule has 0 aliphatic carbocycles. The maximum atomic E-state index is 12.6. The summed E-state index contributed by atoms with van der Waals surface area (Å²) in [7, 11) is 1.54. The van der Waals surface area contributed by atoms with Gasteiger partial charge in [0.1, 0.15) is 11.5 Å². The van der Waals surface area contributed by atoms with Crippen LogP contribution in [0.1, 0.15) is 15.9 Å². The third-order valence-corrected chi connectivity index (χ3v) is 3.82. The second kappa shape index (κ2) is 8.67. The molecule has 0 saturated carbocycles. The van der Waals surface area contributed by atoms with E-state index < -0.39 is 0 Å². The summed E-state index contributed by atoms with van der Waals surface area (Å²) in [6, 6.07) is 20.5. The number of methoxy groups -OCH3 is 1. The second-order valence-corrected chi connectivity index (χ2v) is 5.62. The van der Waals surface area contributed by atoms with E-state index in [0.29, 0.717) is 29.5 Å². The summed E-state index contributed by atoms with van der Waals surface area (Å²) in [5.74, 6) is 1.28. The molecule has 5 heteroatoms. The lowest BCUT2D eigenvalue weighted by molar-refractivity contribution is 0.0950. The molecule has 0 saturated heterocycles. The van der Waals surface area contributed by atoms with Crippen molar-refractivity contribution in [3.63, 3.8) is 0 Å². The zero-order valence-corrected chi connectivity index (χ0v) is 14.5. The van der Waals surface area contributed by atoms with Gasteiger partial charge in [0.05, 0.1) is 12.7 Å². The molecule has 0 aliphatic rings. The van der Waals surface area contributed by atoms with Crippen molar-refractivity contribution in [3.8, 4) is 17.4 Å². The number of ether oxygens (including phenoxy) is 2. The summed E-state index contributed by atoms with van der Waals surface area (Å²) in [5.41, 5.74) is 1.60. The highest BCUT2D eigenvalue weighted by Gasteiger charge is 2.14. The van der Waals surface area contributed by atoms with Crippen LogP contribution in [0.4, 0.5) is 0 Å². The first-order valence-corrected chi connectivity index (χ1v) is 8.35. The van der Waals surface area contributed by atoms with E-state index in [-0.39, 0.29) is 5.91 Å². The Labute approximate surface area is 152 Å². The van der Waals surface area contributed by atoms with Gasteiger partial charge in [0, 0.05) is 18.8 Å². The molecule has 132 valence electrons. The van der Waals surface area contributed by atoms with Crippen molar-refractivity contribution in [2.24, 2.45) is 0 Å². The van der Waals surface area contributed by atoms with Crippen molar-refractivity contribution in [2.45, 2.75) is 6.42 Å². The summed E-state index contributed by atoms with van der Waals surface area (Å²) in [4.78, 5) is 16.7. The Kier molecular flexibility index (Phi) is 5.83. The zero-order valence-electron chi connectivity index (χ0n) is 14.5. The van der Waals surface area contributed by atoms with Crippen LogP contribution in [0, 0.1) is 0 Å². The lowest BCUT2D eigenvalue weighted by atomic mass is 10.1. The third-order valence-electron chi connectivity index (χ3n) is 3.82. The van der Waals surface area contributed by atoms with E-state index in [4.69, 9.17) is 9.47 Å². The first-order chi connectivity index (χ1) is 12.8. The van der Waals surface area contributed by atoms with Crippen molar-refractivity contribution in [1.29, 1.82) is 0 Å². The van der Waals surface area contributed by atoms with E-state index in [9.17, 15) is 4.79 Å². The number of aromatic nitrogens is 1. The minimum atomic E-state index is -0.204. The third kappa shape index (κ3) is 4.60. The van der Waals surface area contributed by atoms with E-state index in [2.05, 4.69) is 10.3 Å². The van der Waals surface area contributed by atoms with E-state index >= 15 is 0 Å². The number of carbonyl (C=O) groups is 1. The van der Waals surface area contributed by atoms with Gasteiger partial charge in [0.2, 0.25) is 5.88 Å². The maximum Gasteiger partial charge on any atom is 0.255 e. The molecule has 0 unspecified atom stereocenters. The van der Waals surface area contributed by atoms with E-state index in [1.54, 1.807) is 30.5 Å². The molecular formula is C21H20N2O3. The van der Waals surface area contributed by atoms with Gasteiger partial charge in [-0.1, -0.05) is 36.4 Å². The van der Waals surface area contributed by atoms with Crippen LogP contribution in [0.2, 0.25) is 0 Å². The second-order valence-electron chi connectivity index (χ2n) is 5.62. The van der Waals surface area contributed by atoms with Crippen molar-refractivity contribution in [3.05, 3.63) is 84.1 Å². The fourth-order valence-electron chi connectivity index (χ4n) is 2.52. The average Bonchev–Trinajstić information content (AvgIpc) is 2.69. The summed E-state index contributed by atoms with van der Waals surface area (Å²) in [6.07, 6.45) is 2.41. The minimum Gasteiger partial charge on any atom is -0.496 e. The first kappa shape index (κ1) is 17.5. The lowest BCUT2D eigenvalue weighted by Gasteiger charge is -2.12. The molecule has 0 atom stereocenters. The summed E-state index contributed by atoms with van der Waals surface area (Å²) < 4.78 is 11.0. The van der Waals surface area contributed by atoms with Crippen molar-refractivity contribution in [1.82, 2.24) is 10.3 Å². The van der Waals surface area contributed by atoms with Crippen LogP contribution in [-0.2, 0) is 6.42 Å². The van der Waals surface area contributed by atoms with Crippen LogP contribution in [0.5, 0.6) is 17.4 Å². The molecule has 2 aromatic carbocycles. The van der Waals surface area contributed by atoms with Crippen LogP contribution in [0.3, 0.4) is 0 Å². The zero-order chi connectivity index (χ0) is 18.2. The van der Waals surface area contributed by atoms with Crippen molar-refractivity contribution in [2.75, 3.05) is 13.7 Å². The fourth-order valence-corrected chi connectivity index (χ4v) is 2.52. The lowest BCUT2D eigenvalue weighted by Crippen LogP contribution is -2.26. The number of carbonyl (C=O) groups excluding carboxylic acids is 1. The van der Waals surface area contributed by atoms with Crippen LogP contribution in [0.15, 0.2) is 72.9 Å². The van der Waals surface area contributed by atoms with Crippen LogP contribution >= 0.6 is 0 Å². The molecular weight excluding hydrogens is 328 g/mol. The number of pyridine rings is 1. The highest BCUT2D eigenvalue weighted by Crippen LogP contribution is 2.26. The average molecular weight is 348 g/mol. The number of hydrogen-bond acceptors (Lipinski definition) is 4. The van der Waals surface area contributed by atoms with Gasteiger partial charge in [0.25, 0.3) is 5.91 Å². The maximum absolute atomic E-state index is 12.6. The number of hydrogen-bond donors (Lipinski definition) is 1. The summed E-state index contributed by atoms with van der Waals surface area (Å²) in [6.45, 7) is 0.539. The molecule has 1 amide bonds. The van der Waals surface area contributed by atoms with Gasteiger partial charge in [-0.15, -0.1) is 0 Å². The van der Waals surface area contributed by atoms with Gasteiger partial charge >= 0.3 is 0 Å². The van der Waals surface area contributed by atoms with E-state index in [1.807, 2.05) is 42.5 Å². The van der Waals surface area contributed by atoms with Crippen LogP contribution < -0.4 is 14.8 Å². The van der Waals surface area contributed by atoms with Crippen molar-refractivity contribution < 1.29 is 14.3 Å². The summed E-state index contributed by atoms with van der Waals surface area (Å²) in [5, 5.41) is 2.92. The van der Waals surface area contributed by atoms with Gasteiger partial charge in [-0.2, -0.15) is 0 Å². The van der Waals surface area contributed by atoms with E-state index in [0.717, 1.165) is 6.42 Å². The number of benzene rings is 2. The number of nitrogens with zero attached hydrogens (tertiary/aromatic N) is 1. The standard InChI is InChI=1S/C21H20N2O3/c1-25-19-11-10-17(26-20-9-5-6-13-22-20)15-18(19)21(24)23-14-12-16-7-3-2-4-8-16/h2-11,13,15H,12,14H2,1H3,(H,23,24). The Morgan fingerprint density at radius 1 is 1.04 bits per heavy atom. The number of nitrogens with one attached hydrogen (secondary N) is 1. The molecule has 1 N–H and O–H groups in total.